The third-order valence-corrected chi connectivity index (χ3v) is 3.92. The number of anilines is 1. The Morgan fingerprint density at radius 1 is 1.07 bits per heavy atom. The predicted octanol–water partition coefficient (Wildman–Crippen LogP) is 3.34. The Morgan fingerprint density at radius 2 is 1.79 bits per heavy atom. The first kappa shape index (κ1) is 18.9. The molecular weight excluding hydrogens is 372 g/mol. The van der Waals surface area contributed by atoms with Gasteiger partial charge in [0.15, 0.2) is 0 Å². The molecule has 0 saturated heterocycles. The summed E-state index contributed by atoms with van der Waals surface area (Å²) < 4.78 is 28.1. The van der Waals surface area contributed by atoms with Gasteiger partial charge in [0.25, 0.3) is 17.2 Å². The molecule has 9 heteroatoms. The molecule has 0 aliphatic heterocycles. The Hall–Kier alpha value is -3.88. The van der Waals surface area contributed by atoms with Gasteiger partial charge in [0, 0.05) is 30.5 Å². The second-order valence-corrected chi connectivity index (χ2v) is 5.89. The van der Waals surface area contributed by atoms with Gasteiger partial charge in [-0.1, -0.05) is 12.1 Å². The zero-order valence-corrected chi connectivity index (χ0v) is 14.3. The van der Waals surface area contributed by atoms with E-state index in [1.807, 2.05) is 0 Å². The lowest BCUT2D eigenvalue weighted by molar-refractivity contribution is -0.384. The summed E-state index contributed by atoms with van der Waals surface area (Å²) in [5, 5.41) is 12.9. The molecule has 7 nitrogen and oxygen atoms in total. The smallest absolute Gasteiger partial charge is 0.269 e. The molecule has 142 valence electrons. The van der Waals surface area contributed by atoms with E-state index in [0.717, 1.165) is 18.2 Å². The summed E-state index contributed by atoms with van der Waals surface area (Å²) in [6, 6.07) is 10.7. The molecule has 2 aromatic carbocycles. The van der Waals surface area contributed by atoms with Gasteiger partial charge in [-0.25, -0.2) is 8.78 Å². The average Bonchev–Trinajstić information content (AvgIpc) is 2.67. The molecule has 0 bridgehead atoms. The van der Waals surface area contributed by atoms with Crippen molar-refractivity contribution in [3.8, 4) is 0 Å². The Kier molecular flexibility index (Phi) is 5.25. The fourth-order valence-electron chi connectivity index (χ4n) is 2.50. The second kappa shape index (κ2) is 7.78. The molecule has 0 atom stereocenters. The van der Waals surface area contributed by atoms with Gasteiger partial charge < -0.3 is 9.88 Å². The first-order valence-electron chi connectivity index (χ1n) is 8.04. The minimum Gasteiger partial charge on any atom is -0.319 e. The number of nitro groups is 1. The van der Waals surface area contributed by atoms with E-state index in [2.05, 4.69) is 5.32 Å². The number of pyridine rings is 1. The molecule has 3 aromatic rings. The van der Waals surface area contributed by atoms with Crippen molar-refractivity contribution in [2.75, 3.05) is 5.32 Å². The molecule has 0 spiro atoms. The van der Waals surface area contributed by atoms with Gasteiger partial charge in [-0.15, -0.1) is 0 Å². The standard InChI is InChI=1S/C19H13F2N3O4/c20-14-4-7-16(21)17(9-14)22-19(26)13-3-8-18(25)23(11-13)10-12-1-5-15(6-2-12)24(27)28/h1-9,11H,10H2,(H,22,26). The van der Waals surface area contributed by atoms with Crippen molar-refractivity contribution in [1.29, 1.82) is 0 Å². The van der Waals surface area contributed by atoms with Crippen LogP contribution in [0.1, 0.15) is 15.9 Å². The van der Waals surface area contributed by atoms with Crippen molar-refractivity contribution < 1.29 is 18.5 Å². The van der Waals surface area contributed by atoms with E-state index in [9.17, 15) is 28.5 Å². The SMILES string of the molecule is O=C(Nc1cc(F)ccc1F)c1ccc(=O)n(Cc2ccc([N+](=O)[O-])cc2)c1. The highest BCUT2D eigenvalue weighted by Crippen LogP contribution is 2.17. The van der Waals surface area contributed by atoms with Crippen LogP contribution in [0, 0.1) is 21.7 Å². The van der Waals surface area contributed by atoms with Crippen molar-refractivity contribution in [2.45, 2.75) is 6.54 Å². The number of nitrogens with one attached hydrogen (secondary N) is 1. The van der Waals surface area contributed by atoms with Crippen molar-refractivity contribution in [2.24, 2.45) is 0 Å². The van der Waals surface area contributed by atoms with Crippen LogP contribution in [0.3, 0.4) is 0 Å². The number of rotatable bonds is 5. The van der Waals surface area contributed by atoms with Crippen LogP contribution in [0.15, 0.2) is 65.6 Å². The molecule has 28 heavy (non-hydrogen) atoms. The van der Waals surface area contributed by atoms with E-state index >= 15 is 0 Å². The minimum absolute atomic E-state index is 0.0603. The molecule has 0 unspecified atom stereocenters. The van der Waals surface area contributed by atoms with Crippen LogP contribution >= 0.6 is 0 Å². The van der Waals surface area contributed by atoms with Crippen LogP contribution < -0.4 is 10.9 Å². The van der Waals surface area contributed by atoms with Crippen LogP contribution in [0.5, 0.6) is 0 Å². The zero-order valence-electron chi connectivity index (χ0n) is 14.3. The maximum atomic E-state index is 13.7. The predicted molar refractivity (Wildman–Crippen MR) is 97.2 cm³/mol. The van der Waals surface area contributed by atoms with Gasteiger partial charge in [-0.05, 0) is 23.8 Å². The van der Waals surface area contributed by atoms with E-state index in [0.29, 0.717) is 5.56 Å². The zero-order chi connectivity index (χ0) is 20.3. The molecule has 0 aliphatic carbocycles. The fraction of sp³-hybridized carbons (Fsp3) is 0.0526. The van der Waals surface area contributed by atoms with Crippen LogP contribution in [-0.2, 0) is 6.54 Å². The van der Waals surface area contributed by atoms with Gasteiger partial charge >= 0.3 is 0 Å². The number of aromatic nitrogens is 1. The minimum atomic E-state index is -0.797. The van der Waals surface area contributed by atoms with Crippen LogP contribution in [0.25, 0.3) is 0 Å². The van der Waals surface area contributed by atoms with Gasteiger partial charge in [0.05, 0.1) is 22.7 Å². The Labute approximate surface area is 157 Å². The summed E-state index contributed by atoms with van der Waals surface area (Å²) in [4.78, 5) is 34.5. The van der Waals surface area contributed by atoms with E-state index in [4.69, 9.17) is 0 Å². The quantitative estimate of drug-likeness (QED) is 0.538. The second-order valence-electron chi connectivity index (χ2n) is 5.89. The Bertz CT molecular complexity index is 1110. The lowest BCUT2D eigenvalue weighted by Crippen LogP contribution is -2.22. The summed E-state index contributed by atoms with van der Waals surface area (Å²) in [6.45, 7) is 0.0757. The first-order chi connectivity index (χ1) is 13.3. The maximum absolute atomic E-state index is 13.7. The molecule has 0 aliphatic rings. The lowest BCUT2D eigenvalue weighted by atomic mass is 10.2. The summed E-state index contributed by atoms with van der Waals surface area (Å²) in [5.41, 5.74) is -0.127. The van der Waals surface area contributed by atoms with Crippen LogP contribution in [0.4, 0.5) is 20.2 Å². The number of carbonyl (C=O) groups is 1. The Morgan fingerprint density at radius 3 is 2.46 bits per heavy atom. The number of nitrogens with zero attached hydrogens (tertiary/aromatic N) is 2. The number of amides is 1. The molecule has 1 heterocycles. The van der Waals surface area contributed by atoms with Crippen molar-refractivity contribution in [3.05, 3.63) is 104 Å². The highest BCUT2D eigenvalue weighted by atomic mass is 19.1. The van der Waals surface area contributed by atoms with Gasteiger partial charge in [0.1, 0.15) is 11.6 Å². The largest absolute Gasteiger partial charge is 0.319 e. The normalized spacial score (nSPS) is 10.5. The highest BCUT2D eigenvalue weighted by Gasteiger charge is 2.12. The van der Waals surface area contributed by atoms with E-state index in [1.54, 1.807) is 0 Å². The van der Waals surface area contributed by atoms with Crippen molar-refractivity contribution in [1.82, 2.24) is 4.57 Å². The summed E-state index contributed by atoms with van der Waals surface area (Å²) in [5.74, 6) is -2.23. The van der Waals surface area contributed by atoms with E-state index in [1.165, 1.54) is 47.2 Å². The summed E-state index contributed by atoms with van der Waals surface area (Å²) in [6.07, 6.45) is 1.27. The molecule has 1 amide bonds. The molecule has 0 fully saturated rings. The molecular formula is C19H13F2N3O4. The average molecular weight is 385 g/mol. The first-order valence-corrected chi connectivity index (χ1v) is 8.04. The number of non-ortho nitro benzene ring substituents is 1. The maximum Gasteiger partial charge on any atom is 0.269 e. The lowest BCUT2D eigenvalue weighted by Gasteiger charge is -2.10. The topological polar surface area (TPSA) is 94.2 Å². The fourth-order valence-corrected chi connectivity index (χ4v) is 2.50. The number of carbonyl (C=O) groups excluding carboxylic acids is 1. The Balaban J connectivity index is 1.82. The van der Waals surface area contributed by atoms with Crippen molar-refractivity contribution >= 4 is 17.3 Å². The number of halogens is 2. The molecule has 1 aromatic heterocycles. The number of hydrogen-bond donors (Lipinski definition) is 1. The van der Waals surface area contributed by atoms with Gasteiger partial charge in [-0.3, -0.25) is 19.7 Å². The van der Waals surface area contributed by atoms with E-state index in [-0.39, 0.29) is 23.5 Å². The molecule has 1 N–H and O–H groups in total. The third kappa shape index (κ3) is 4.26. The van der Waals surface area contributed by atoms with Gasteiger partial charge in [-0.2, -0.15) is 0 Å². The number of benzene rings is 2. The summed E-state index contributed by atoms with van der Waals surface area (Å²) >= 11 is 0. The number of hydrogen-bond acceptors (Lipinski definition) is 4. The third-order valence-electron chi connectivity index (χ3n) is 3.92. The van der Waals surface area contributed by atoms with E-state index < -0.39 is 28.0 Å². The highest BCUT2D eigenvalue weighted by molar-refractivity contribution is 6.04. The number of nitro benzene ring substituents is 1. The molecule has 3 rings (SSSR count). The summed E-state index contributed by atoms with van der Waals surface area (Å²) in [7, 11) is 0. The van der Waals surface area contributed by atoms with Crippen molar-refractivity contribution in [3.63, 3.8) is 0 Å². The van der Waals surface area contributed by atoms with Gasteiger partial charge in [0.2, 0.25) is 0 Å². The molecule has 0 radical (unpaired) electrons. The monoisotopic (exact) mass is 385 g/mol. The molecule has 0 saturated carbocycles. The van der Waals surface area contributed by atoms with Crippen LogP contribution in [-0.4, -0.2) is 15.4 Å². The van der Waals surface area contributed by atoms with Crippen LogP contribution in [0.2, 0.25) is 0 Å².